The Hall–Kier alpha value is -7.76. The minimum absolute atomic E-state index is 1.10. The van der Waals surface area contributed by atoms with Gasteiger partial charge in [0.25, 0.3) is 0 Å². The van der Waals surface area contributed by atoms with Crippen molar-refractivity contribution in [1.82, 2.24) is 0 Å². The van der Waals surface area contributed by atoms with Crippen LogP contribution in [0.15, 0.2) is 243 Å². The van der Waals surface area contributed by atoms with E-state index in [4.69, 9.17) is 0 Å². The molecule has 12 aromatic rings. The van der Waals surface area contributed by atoms with E-state index in [0.29, 0.717) is 0 Å². The Kier molecular flexibility index (Phi) is 9.59. The van der Waals surface area contributed by atoms with Gasteiger partial charge in [0.05, 0.1) is 20.8 Å². The van der Waals surface area contributed by atoms with Gasteiger partial charge in [-0.05, 0) is 106 Å². The minimum atomic E-state index is 1.10. The van der Waals surface area contributed by atoms with E-state index in [2.05, 4.69) is 252 Å². The van der Waals surface area contributed by atoms with Gasteiger partial charge in [-0.2, -0.15) is 0 Å². The van der Waals surface area contributed by atoms with Crippen LogP contribution in [-0.4, -0.2) is 0 Å². The topological polar surface area (TPSA) is 6.48 Å². The third kappa shape index (κ3) is 6.81. The zero-order valence-corrected chi connectivity index (χ0v) is 36.4. The summed E-state index contributed by atoms with van der Waals surface area (Å²) in [7, 11) is 0. The molecule has 0 bridgehead atoms. The van der Waals surface area contributed by atoms with E-state index in [1.807, 2.05) is 22.7 Å². The summed E-state index contributed by atoms with van der Waals surface area (Å²) < 4.78 is 5.12. The maximum absolute atomic E-state index is 2.45. The highest BCUT2D eigenvalue weighted by molar-refractivity contribution is 7.26. The molecule has 0 spiro atoms. The molecule has 4 heteroatoms. The zero-order valence-electron chi connectivity index (χ0n) is 34.8. The Labute approximate surface area is 380 Å². The van der Waals surface area contributed by atoms with Crippen LogP contribution in [0, 0.1) is 0 Å². The van der Waals surface area contributed by atoms with Gasteiger partial charge in [-0.15, -0.1) is 22.7 Å². The molecule has 0 fully saturated rings. The quantitative estimate of drug-likeness (QED) is 0.143. The van der Waals surface area contributed by atoms with Crippen molar-refractivity contribution in [3.8, 4) is 33.4 Å². The van der Waals surface area contributed by atoms with Gasteiger partial charge in [0.2, 0.25) is 0 Å². The summed E-state index contributed by atoms with van der Waals surface area (Å²) in [6, 6.07) is 88.4. The van der Waals surface area contributed by atoms with E-state index >= 15 is 0 Å². The summed E-state index contributed by atoms with van der Waals surface area (Å²) in [4.78, 5) is 4.89. The molecule has 0 aliphatic carbocycles. The molecular weight excluding hydrogens is 813 g/mol. The van der Waals surface area contributed by atoms with Gasteiger partial charge in [-0.1, -0.05) is 170 Å². The van der Waals surface area contributed by atoms with Crippen LogP contribution in [0.3, 0.4) is 0 Å². The van der Waals surface area contributed by atoms with Crippen molar-refractivity contribution in [2.75, 3.05) is 9.80 Å². The van der Waals surface area contributed by atoms with Gasteiger partial charge in [-0.25, -0.2) is 0 Å². The number of rotatable bonds is 9. The molecule has 0 atom stereocenters. The van der Waals surface area contributed by atoms with Crippen molar-refractivity contribution in [3.05, 3.63) is 243 Å². The molecule has 2 aromatic heterocycles. The van der Waals surface area contributed by atoms with Crippen LogP contribution in [0.2, 0.25) is 0 Å². The predicted octanol–water partition coefficient (Wildman–Crippen LogP) is 18.4. The molecule has 12 rings (SSSR count). The van der Waals surface area contributed by atoms with Crippen LogP contribution >= 0.6 is 22.7 Å². The van der Waals surface area contributed by atoms with Crippen LogP contribution in [0.4, 0.5) is 34.1 Å². The molecule has 0 unspecified atom stereocenters. The molecule has 0 saturated carbocycles. The number of thiophene rings is 2. The van der Waals surface area contributed by atoms with Crippen molar-refractivity contribution in [1.29, 1.82) is 0 Å². The fourth-order valence-electron chi connectivity index (χ4n) is 9.23. The number of nitrogens with zero attached hydrogens (tertiary/aromatic N) is 2. The number of fused-ring (bicyclic) bond motifs is 6. The number of benzene rings is 10. The van der Waals surface area contributed by atoms with Crippen molar-refractivity contribution < 1.29 is 0 Å². The second-order valence-corrected chi connectivity index (χ2v) is 18.2. The molecule has 10 aromatic carbocycles. The van der Waals surface area contributed by atoms with Gasteiger partial charge in [0.1, 0.15) is 0 Å². The summed E-state index contributed by atoms with van der Waals surface area (Å²) in [5, 5.41) is 5.13. The highest BCUT2D eigenvalue weighted by Gasteiger charge is 2.22. The largest absolute Gasteiger partial charge is 0.309 e. The number of anilines is 6. The van der Waals surface area contributed by atoms with E-state index < -0.39 is 0 Å². The van der Waals surface area contributed by atoms with E-state index in [0.717, 1.165) is 45.3 Å². The predicted molar refractivity (Wildman–Crippen MR) is 278 cm³/mol. The maximum Gasteiger partial charge on any atom is 0.0640 e. The third-order valence-corrected chi connectivity index (χ3v) is 14.6. The van der Waals surface area contributed by atoms with Gasteiger partial charge < -0.3 is 9.80 Å². The fraction of sp³-hybridized carbons (Fsp3) is 0. The molecule has 0 amide bonds. The average Bonchev–Trinajstić information content (AvgIpc) is 3.95. The molecule has 0 radical (unpaired) electrons. The normalized spacial score (nSPS) is 11.4. The lowest BCUT2D eigenvalue weighted by molar-refractivity contribution is 1.29. The second kappa shape index (κ2) is 16.2. The van der Waals surface area contributed by atoms with Crippen LogP contribution in [0.1, 0.15) is 0 Å². The molecule has 0 saturated heterocycles. The molecular formula is C60H40N2S2. The van der Waals surface area contributed by atoms with Crippen molar-refractivity contribution in [2.45, 2.75) is 0 Å². The summed E-state index contributed by atoms with van der Waals surface area (Å²) in [6.07, 6.45) is 0. The lowest BCUT2D eigenvalue weighted by Gasteiger charge is -2.28. The Morgan fingerprint density at radius 3 is 0.922 bits per heavy atom. The first kappa shape index (κ1) is 38.0. The Balaban J connectivity index is 1.02. The second-order valence-electron chi connectivity index (χ2n) is 16.1. The van der Waals surface area contributed by atoms with E-state index in [1.54, 1.807) is 0 Å². The van der Waals surface area contributed by atoms with Gasteiger partial charge >= 0.3 is 0 Å². The third-order valence-electron chi connectivity index (χ3n) is 12.2. The Morgan fingerprint density at radius 1 is 0.234 bits per heavy atom. The standard InChI is InChI=1S/C60H40N2S2/c1-3-17-41(18-4-1)43-21-11-25-47(37-43)61(55-33-15-31-53-51-29-7-9-35-57(51)63-59(53)55)49-27-13-23-45(39-49)46-24-14-28-50(40-46)62(48-26-12-22-44(38-48)42-19-5-2-6-20-42)56-34-16-32-54-52-30-8-10-36-58(52)64-60(54)56/h1-40H. The van der Waals surface area contributed by atoms with Crippen LogP contribution in [0.5, 0.6) is 0 Å². The molecule has 0 N–H and O–H groups in total. The molecule has 0 aliphatic rings. The van der Waals surface area contributed by atoms with Crippen LogP contribution in [-0.2, 0) is 0 Å². The molecule has 302 valence electrons. The van der Waals surface area contributed by atoms with Gasteiger partial charge in [-0.3, -0.25) is 0 Å². The molecule has 64 heavy (non-hydrogen) atoms. The van der Waals surface area contributed by atoms with Gasteiger partial charge in [0.15, 0.2) is 0 Å². The van der Waals surface area contributed by atoms with E-state index in [-0.39, 0.29) is 0 Å². The summed E-state index contributed by atoms with van der Waals surface area (Å²) in [5.41, 5.74) is 13.8. The smallest absolute Gasteiger partial charge is 0.0640 e. The van der Waals surface area contributed by atoms with Crippen LogP contribution in [0.25, 0.3) is 73.7 Å². The number of hydrogen-bond acceptors (Lipinski definition) is 4. The summed E-state index contributed by atoms with van der Waals surface area (Å²) in [5.74, 6) is 0. The Bertz CT molecular complexity index is 3400. The van der Waals surface area contributed by atoms with Crippen molar-refractivity contribution in [2.24, 2.45) is 0 Å². The average molecular weight is 853 g/mol. The lowest BCUT2D eigenvalue weighted by atomic mass is 10.0. The monoisotopic (exact) mass is 852 g/mol. The summed E-state index contributed by atoms with van der Waals surface area (Å²) in [6.45, 7) is 0. The van der Waals surface area contributed by atoms with E-state index in [9.17, 15) is 0 Å². The highest BCUT2D eigenvalue weighted by atomic mass is 32.1. The SMILES string of the molecule is c1ccc(-c2cccc(N(c3cccc(-c4cccc(N(c5cccc(-c6ccccc6)c5)c5cccc6c5sc5ccccc56)c4)c3)c3cccc4c3sc3ccccc34)c2)cc1. The van der Waals surface area contributed by atoms with E-state index in [1.165, 1.54) is 62.6 Å². The molecule has 2 heterocycles. The first-order chi connectivity index (χ1) is 31.7. The minimum Gasteiger partial charge on any atom is -0.309 e. The lowest BCUT2D eigenvalue weighted by Crippen LogP contribution is -2.11. The van der Waals surface area contributed by atoms with Crippen LogP contribution < -0.4 is 9.80 Å². The summed E-state index contributed by atoms with van der Waals surface area (Å²) >= 11 is 3.73. The Morgan fingerprint density at radius 2 is 0.531 bits per heavy atom. The van der Waals surface area contributed by atoms with Gasteiger partial charge in [0, 0.05) is 53.7 Å². The highest BCUT2D eigenvalue weighted by Crippen LogP contribution is 2.48. The van der Waals surface area contributed by atoms with Crippen molar-refractivity contribution >= 4 is 97.1 Å². The first-order valence-electron chi connectivity index (χ1n) is 21.7. The first-order valence-corrected chi connectivity index (χ1v) is 23.3. The molecule has 0 aliphatic heterocycles. The van der Waals surface area contributed by atoms with Crippen molar-refractivity contribution in [3.63, 3.8) is 0 Å². The molecule has 2 nitrogen and oxygen atoms in total. The zero-order chi connectivity index (χ0) is 42.4. The number of hydrogen-bond donors (Lipinski definition) is 0. The maximum atomic E-state index is 2.45. The fourth-order valence-corrected chi connectivity index (χ4v) is 11.6.